The van der Waals surface area contributed by atoms with E-state index in [1.807, 2.05) is 24.3 Å². The molecule has 108 valence electrons. The summed E-state index contributed by atoms with van der Waals surface area (Å²) in [6.07, 6.45) is 3.89. The van der Waals surface area contributed by atoms with Gasteiger partial charge in [0.15, 0.2) is 0 Å². The SMILES string of the molecule is NC(=O)C1CCN(C(=O)/C=C/c2nc3ccccc3s2)C1. The van der Waals surface area contributed by atoms with Crippen molar-refractivity contribution in [3.05, 3.63) is 35.3 Å². The van der Waals surface area contributed by atoms with Crippen LogP contribution in [0.3, 0.4) is 0 Å². The van der Waals surface area contributed by atoms with Crippen LogP contribution in [0.5, 0.6) is 0 Å². The molecular formula is C15H15N3O2S. The quantitative estimate of drug-likeness (QED) is 0.876. The Labute approximate surface area is 126 Å². The minimum atomic E-state index is -0.333. The summed E-state index contributed by atoms with van der Waals surface area (Å²) in [6, 6.07) is 7.86. The third kappa shape index (κ3) is 2.95. The summed E-state index contributed by atoms with van der Waals surface area (Å²) in [5.41, 5.74) is 6.20. The van der Waals surface area contributed by atoms with E-state index in [-0.39, 0.29) is 17.7 Å². The van der Waals surface area contributed by atoms with Gasteiger partial charge in [-0.15, -0.1) is 11.3 Å². The number of fused-ring (bicyclic) bond motifs is 1. The zero-order valence-corrected chi connectivity index (χ0v) is 12.2. The lowest BCUT2D eigenvalue weighted by molar-refractivity contribution is -0.125. The van der Waals surface area contributed by atoms with Gasteiger partial charge in [-0.05, 0) is 24.6 Å². The maximum absolute atomic E-state index is 12.1. The zero-order valence-electron chi connectivity index (χ0n) is 11.4. The number of benzene rings is 1. The number of nitrogens with zero attached hydrogens (tertiary/aromatic N) is 2. The van der Waals surface area contributed by atoms with Gasteiger partial charge in [-0.25, -0.2) is 4.98 Å². The van der Waals surface area contributed by atoms with Gasteiger partial charge in [-0.3, -0.25) is 9.59 Å². The lowest BCUT2D eigenvalue weighted by Crippen LogP contribution is -2.30. The van der Waals surface area contributed by atoms with Gasteiger partial charge < -0.3 is 10.6 Å². The topological polar surface area (TPSA) is 76.3 Å². The maximum Gasteiger partial charge on any atom is 0.246 e. The van der Waals surface area contributed by atoms with Crippen LogP contribution in [0.25, 0.3) is 16.3 Å². The Kier molecular flexibility index (Phi) is 3.70. The highest BCUT2D eigenvalue weighted by atomic mass is 32.1. The van der Waals surface area contributed by atoms with Crippen LogP contribution in [0.2, 0.25) is 0 Å². The molecule has 1 aliphatic heterocycles. The monoisotopic (exact) mass is 301 g/mol. The fourth-order valence-corrected chi connectivity index (χ4v) is 3.27. The van der Waals surface area contributed by atoms with E-state index >= 15 is 0 Å². The first kappa shape index (κ1) is 13.8. The number of hydrogen-bond acceptors (Lipinski definition) is 4. The molecule has 2 heterocycles. The van der Waals surface area contributed by atoms with Gasteiger partial charge in [0, 0.05) is 19.2 Å². The number of amides is 2. The number of primary amides is 1. The lowest BCUT2D eigenvalue weighted by atomic mass is 10.1. The summed E-state index contributed by atoms with van der Waals surface area (Å²) in [5, 5.41) is 0.801. The Morgan fingerprint density at radius 3 is 2.90 bits per heavy atom. The molecule has 1 aromatic heterocycles. The molecule has 0 saturated carbocycles. The first-order valence-electron chi connectivity index (χ1n) is 6.75. The smallest absolute Gasteiger partial charge is 0.246 e. The molecule has 3 rings (SSSR count). The first-order chi connectivity index (χ1) is 10.1. The van der Waals surface area contributed by atoms with Gasteiger partial charge in [0.2, 0.25) is 11.8 Å². The summed E-state index contributed by atoms with van der Waals surface area (Å²) >= 11 is 1.54. The van der Waals surface area contributed by atoms with Crippen LogP contribution in [-0.4, -0.2) is 34.8 Å². The van der Waals surface area contributed by atoms with Gasteiger partial charge in [-0.1, -0.05) is 12.1 Å². The Balaban J connectivity index is 1.68. The normalized spacial score (nSPS) is 18.7. The summed E-state index contributed by atoms with van der Waals surface area (Å²) in [7, 11) is 0. The molecule has 2 N–H and O–H groups in total. The largest absolute Gasteiger partial charge is 0.369 e. The average Bonchev–Trinajstić information content (AvgIpc) is 3.11. The van der Waals surface area contributed by atoms with Gasteiger partial charge in [0.25, 0.3) is 0 Å². The molecule has 1 atom stereocenters. The van der Waals surface area contributed by atoms with E-state index in [2.05, 4.69) is 4.98 Å². The van der Waals surface area contributed by atoms with E-state index in [0.717, 1.165) is 15.2 Å². The predicted octanol–water partition coefficient (Wildman–Crippen LogP) is 1.64. The zero-order chi connectivity index (χ0) is 14.8. The van der Waals surface area contributed by atoms with E-state index in [9.17, 15) is 9.59 Å². The molecule has 5 nitrogen and oxygen atoms in total. The number of carbonyl (C=O) groups is 2. The van der Waals surface area contributed by atoms with Crippen LogP contribution in [0, 0.1) is 5.92 Å². The second-order valence-corrected chi connectivity index (χ2v) is 6.09. The Hall–Kier alpha value is -2.21. The van der Waals surface area contributed by atoms with Crippen LogP contribution in [0.4, 0.5) is 0 Å². The Bertz CT molecular complexity index is 690. The molecule has 1 aromatic carbocycles. The first-order valence-corrected chi connectivity index (χ1v) is 7.57. The van der Waals surface area contributed by atoms with Crippen molar-refractivity contribution in [1.82, 2.24) is 9.88 Å². The number of carbonyl (C=O) groups excluding carboxylic acids is 2. The van der Waals surface area contributed by atoms with Crippen LogP contribution in [0.15, 0.2) is 30.3 Å². The van der Waals surface area contributed by atoms with Gasteiger partial charge in [0.05, 0.1) is 16.1 Å². The number of nitrogens with two attached hydrogens (primary N) is 1. The van der Waals surface area contributed by atoms with Crippen molar-refractivity contribution in [2.75, 3.05) is 13.1 Å². The fraction of sp³-hybridized carbons (Fsp3) is 0.267. The second kappa shape index (κ2) is 5.65. The van der Waals surface area contributed by atoms with E-state index in [1.54, 1.807) is 22.3 Å². The van der Waals surface area contributed by atoms with E-state index in [0.29, 0.717) is 19.5 Å². The molecule has 1 unspecified atom stereocenters. The summed E-state index contributed by atoms with van der Waals surface area (Å²) < 4.78 is 1.10. The maximum atomic E-state index is 12.1. The van der Waals surface area contributed by atoms with Crippen molar-refractivity contribution in [2.45, 2.75) is 6.42 Å². The number of likely N-dealkylation sites (tertiary alicyclic amines) is 1. The van der Waals surface area contributed by atoms with Crippen molar-refractivity contribution >= 4 is 39.4 Å². The molecule has 2 aromatic rings. The van der Waals surface area contributed by atoms with Crippen LogP contribution >= 0.6 is 11.3 Å². The number of aromatic nitrogens is 1. The third-order valence-corrected chi connectivity index (χ3v) is 4.58. The van der Waals surface area contributed by atoms with Crippen LogP contribution in [0.1, 0.15) is 11.4 Å². The molecule has 21 heavy (non-hydrogen) atoms. The Morgan fingerprint density at radius 1 is 1.38 bits per heavy atom. The van der Waals surface area contributed by atoms with Gasteiger partial charge >= 0.3 is 0 Å². The molecule has 6 heteroatoms. The number of para-hydroxylation sites is 1. The number of rotatable bonds is 3. The minimum absolute atomic E-state index is 0.0991. The highest BCUT2D eigenvalue weighted by Gasteiger charge is 2.28. The molecule has 1 aliphatic rings. The molecule has 1 saturated heterocycles. The standard InChI is InChI=1S/C15H15N3O2S/c16-15(20)10-7-8-18(9-10)14(19)6-5-13-17-11-3-1-2-4-12(11)21-13/h1-6,10H,7-9H2,(H2,16,20)/b6-5+. The van der Waals surface area contributed by atoms with E-state index < -0.39 is 0 Å². The molecule has 1 fully saturated rings. The summed E-state index contributed by atoms with van der Waals surface area (Å²) in [4.78, 5) is 29.3. The van der Waals surface area contributed by atoms with Gasteiger partial charge in [0.1, 0.15) is 5.01 Å². The van der Waals surface area contributed by atoms with Crippen molar-refractivity contribution in [1.29, 1.82) is 0 Å². The number of hydrogen-bond donors (Lipinski definition) is 1. The average molecular weight is 301 g/mol. The molecule has 0 spiro atoms. The van der Waals surface area contributed by atoms with Crippen LogP contribution < -0.4 is 5.73 Å². The highest BCUT2D eigenvalue weighted by molar-refractivity contribution is 7.19. The van der Waals surface area contributed by atoms with E-state index in [4.69, 9.17) is 5.73 Å². The molecule has 2 amide bonds. The van der Waals surface area contributed by atoms with Crippen LogP contribution in [-0.2, 0) is 9.59 Å². The third-order valence-electron chi connectivity index (χ3n) is 3.58. The van der Waals surface area contributed by atoms with Crippen molar-refractivity contribution < 1.29 is 9.59 Å². The summed E-state index contributed by atoms with van der Waals surface area (Å²) in [6.45, 7) is 0.995. The minimum Gasteiger partial charge on any atom is -0.369 e. The lowest BCUT2D eigenvalue weighted by Gasteiger charge is -2.12. The van der Waals surface area contributed by atoms with Crippen molar-refractivity contribution in [2.24, 2.45) is 11.7 Å². The number of thiazole rings is 1. The highest BCUT2D eigenvalue weighted by Crippen LogP contribution is 2.22. The molecular weight excluding hydrogens is 286 g/mol. The van der Waals surface area contributed by atoms with Crippen molar-refractivity contribution in [3.8, 4) is 0 Å². The summed E-state index contributed by atoms with van der Waals surface area (Å²) in [5.74, 6) is -0.650. The fourth-order valence-electron chi connectivity index (χ4n) is 2.40. The predicted molar refractivity (Wildman–Crippen MR) is 82.5 cm³/mol. The second-order valence-electron chi connectivity index (χ2n) is 5.03. The molecule has 0 aliphatic carbocycles. The van der Waals surface area contributed by atoms with Gasteiger partial charge in [-0.2, -0.15) is 0 Å². The molecule has 0 radical (unpaired) electrons. The van der Waals surface area contributed by atoms with Crippen molar-refractivity contribution in [3.63, 3.8) is 0 Å². The Morgan fingerprint density at radius 2 is 2.19 bits per heavy atom. The van der Waals surface area contributed by atoms with E-state index in [1.165, 1.54) is 6.08 Å². The molecule has 0 bridgehead atoms.